The fourth-order valence-electron chi connectivity index (χ4n) is 1.47. The molecule has 1 atom stereocenters. The predicted octanol–water partition coefficient (Wildman–Crippen LogP) is 2.09. The Hall–Kier alpha value is -0.923. The molecule has 7 heteroatoms. The van der Waals surface area contributed by atoms with Gasteiger partial charge in [-0.15, -0.1) is 0 Å². The molecule has 130 valence electrons. The van der Waals surface area contributed by atoms with Crippen LogP contribution in [0.1, 0.15) is 34.1 Å². The van der Waals surface area contributed by atoms with E-state index in [1.54, 1.807) is 6.92 Å². The third-order valence-electron chi connectivity index (χ3n) is 3.93. The van der Waals surface area contributed by atoms with Crippen LogP contribution in [0.2, 0.25) is 18.1 Å². The number of rotatable bonds is 9. The summed E-state index contributed by atoms with van der Waals surface area (Å²) in [5.74, 6) is -0.798. The highest BCUT2D eigenvalue weighted by Gasteiger charge is 2.37. The highest BCUT2D eigenvalue weighted by atomic mass is 28.4. The van der Waals surface area contributed by atoms with Crippen LogP contribution in [0.4, 0.5) is 0 Å². The lowest BCUT2D eigenvalue weighted by atomic mass is 10.2. The van der Waals surface area contributed by atoms with Crippen LogP contribution in [0.15, 0.2) is 0 Å². The maximum atomic E-state index is 11.8. The van der Waals surface area contributed by atoms with Crippen molar-refractivity contribution in [3.63, 3.8) is 0 Å². The van der Waals surface area contributed by atoms with Crippen molar-refractivity contribution >= 4 is 20.2 Å². The Kier molecular flexibility index (Phi) is 8.88. The van der Waals surface area contributed by atoms with Crippen molar-refractivity contribution in [3.05, 3.63) is 0 Å². The largest absolute Gasteiger partial charge is 0.467 e. The molecule has 0 bridgehead atoms. The van der Waals surface area contributed by atoms with Gasteiger partial charge in [0.15, 0.2) is 8.32 Å². The lowest BCUT2D eigenvalue weighted by Crippen LogP contribution is -2.46. The molecule has 0 saturated heterocycles. The fourth-order valence-corrected chi connectivity index (χ4v) is 2.53. The van der Waals surface area contributed by atoms with Crippen LogP contribution < -0.4 is 5.32 Å². The van der Waals surface area contributed by atoms with E-state index in [1.807, 2.05) is 0 Å². The van der Waals surface area contributed by atoms with Gasteiger partial charge in [-0.05, 0) is 25.1 Å². The highest BCUT2D eigenvalue weighted by Crippen LogP contribution is 2.36. The number of hydrogen-bond donors (Lipinski definition) is 1. The normalized spacial score (nSPS) is 13.6. The second-order valence-electron chi connectivity index (χ2n) is 6.68. The SMILES string of the molecule is CCOCC(=O)N[C@H](CCO[Si](C)(C)C(C)(C)C)C(=O)OC. The second kappa shape index (κ2) is 9.27. The maximum Gasteiger partial charge on any atom is 0.328 e. The Morgan fingerprint density at radius 3 is 2.27 bits per heavy atom. The molecule has 1 amide bonds. The maximum absolute atomic E-state index is 11.8. The molecule has 0 aliphatic carbocycles. The van der Waals surface area contributed by atoms with Crippen molar-refractivity contribution in [1.82, 2.24) is 5.32 Å². The molecule has 0 aliphatic heterocycles. The minimum absolute atomic E-state index is 0.0624. The van der Waals surface area contributed by atoms with Crippen LogP contribution in [-0.2, 0) is 23.5 Å². The zero-order chi connectivity index (χ0) is 17.4. The minimum Gasteiger partial charge on any atom is -0.467 e. The number of carbonyl (C=O) groups is 2. The van der Waals surface area contributed by atoms with Crippen molar-refractivity contribution in [2.24, 2.45) is 0 Å². The van der Waals surface area contributed by atoms with Gasteiger partial charge in [0.2, 0.25) is 5.91 Å². The van der Waals surface area contributed by atoms with Crippen LogP contribution in [0.25, 0.3) is 0 Å². The van der Waals surface area contributed by atoms with E-state index >= 15 is 0 Å². The van der Waals surface area contributed by atoms with Gasteiger partial charge in [-0.3, -0.25) is 4.79 Å². The summed E-state index contributed by atoms with van der Waals surface area (Å²) in [6, 6.07) is -0.706. The smallest absolute Gasteiger partial charge is 0.328 e. The monoisotopic (exact) mass is 333 g/mol. The molecule has 0 aliphatic rings. The molecule has 0 aromatic rings. The van der Waals surface area contributed by atoms with Crippen LogP contribution >= 0.6 is 0 Å². The molecule has 0 fully saturated rings. The fraction of sp³-hybridized carbons (Fsp3) is 0.867. The Morgan fingerprint density at radius 2 is 1.82 bits per heavy atom. The van der Waals surface area contributed by atoms with Crippen molar-refractivity contribution in [1.29, 1.82) is 0 Å². The molecular formula is C15H31NO5Si. The molecule has 1 N–H and O–H groups in total. The van der Waals surface area contributed by atoms with Crippen molar-refractivity contribution in [3.8, 4) is 0 Å². The number of esters is 1. The van der Waals surface area contributed by atoms with Crippen LogP contribution in [0.3, 0.4) is 0 Å². The lowest BCUT2D eigenvalue weighted by Gasteiger charge is -2.36. The van der Waals surface area contributed by atoms with E-state index < -0.39 is 20.3 Å². The Morgan fingerprint density at radius 1 is 1.23 bits per heavy atom. The van der Waals surface area contributed by atoms with Crippen molar-refractivity contribution in [2.45, 2.75) is 58.3 Å². The van der Waals surface area contributed by atoms with Crippen molar-refractivity contribution < 1.29 is 23.5 Å². The number of ether oxygens (including phenoxy) is 2. The molecular weight excluding hydrogens is 302 g/mol. The summed E-state index contributed by atoms with van der Waals surface area (Å²) in [6.45, 7) is 13.4. The Labute approximate surface area is 135 Å². The highest BCUT2D eigenvalue weighted by molar-refractivity contribution is 6.74. The van der Waals surface area contributed by atoms with Gasteiger partial charge in [-0.25, -0.2) is 4.79 Å². The summed E-state index contributed by atoms with van der Waals surface area (Å²) >= 11 is 0. The Balaban J connectivity index is 4.50. The zero-order valence-electron chi connectivity index (χ0n) is 14.9. The van der Waals surface area contributed by atoms with E-state index in [0.29, 0.717) is 19.6 Å². The van der Waals surface area contributed by atoms with Gasteiger partial charge in [-0.1, -0.05) is 20.8 Å². The predicted molar refractivity (Wildman–Crippen MR) is 88.2 cm³/mol. The number of hydrogen-bond acceptors (Lipinski definition) is 5. The molecule has 0 heterocycles. The summed E-state index contributed by atoms with van der Waals surface area (Å²) in [5, 5.41) is 2.73. The number of amides is 1. The van der Waals surface area contributed by atoms with Gasteiger partial charge in [0, 0.05) is 19.6 Å². The molecule has 0 spiro atoms. The first-order valence-corrected chi connectivity index (χ1v) is 10.5. The minimum atomic E-state index is -1.87. The van der Waals surface area contributed by atoms with Crippen LogP contribution in [0.5, 0.6) is 0 Å². The zero-order valence-corrected chi connectivity index (χ0v) is 15.9. The summed E-state index contributed by atoms with van der Waals surface area (Å²) in [5.41, 5.74) is 0. The first kappa shape index (κ1) is 21.1. The molecule has 0 rings (SSSR count). The van der Waals surface area contributed by atoms with E-state index in [9.17, 15) is 9.59 Å². The second-order valence-corrected chi connectivity index (χ2v) is 11.5. The third kappa shape index (κ3) is 7.37. The topological polar surface area (TPSA) is 73.9 Å². The standard InChI is InChI=1S/C15H31NO5Si/c1-8-20-11-13(17)16-12(14(18)19-5)9-10-21-22(6,7)15(2,3)4/h12H,8-11H2,1-7H3,(H,16,17)/t12-/m1/s1. The van der Waals surface area contributed by atoms with Crippen LogP contribution in [0, 0.1) is 0 Å². The van der Waals surface area contributed by atoms with Crippen LogP contribution in [-0.4, -0.2) is 53.2 Å². The molecule has 0 aromatic heterocycles. The quantitative estimate of drug-likeness (QED) is 0.517. The van der Waals surface area contributed by atoms with E-state index in [2.05, 4.69) is 39.2 Å². The third-order valence-corrected chi connectivity index (χ3v) is 8.47. The number of carbonyl (C=O) groups excluding carboxylic acids is 2. The molecule has 6 nitrogen and oxygen atoms in total. The van der Waals surface area contributed by atoms with Gasteiger partial charge in [0.25, 0.3) is 0 Å². The van der Waals surface area contributed by atoms with Gasteiger partial charge < -0.3 is 19.2 Å². The number of methoxy groups -OCH3 is 1. The summed E-state index contributed by atoms with van der Waals surface area (Å²) in [4.78, 5) is 23.4. The summed E-state index contributed by atoms with van der Waals surface area (Å²) in [6.07, 6.45) is 0.386. The van der Waals surface area contributed by atoms with Gasteiger partial charge in [0.05, 0.1) is 7.11 Å². The van der Waals surface area contributed by atoms with Gasteiger partial charge >= 0.3 is 5.97 Å². The molecule has 0 unspecified atom stereocenters. The number of nitrogens with one attached hydrogen (secondary N) is 1. The first-order chi connectivity index (χ1) is 10.0. The lowest BCUT2D eigenvalue weighted by molar-refractivity contribution is -0.146. The average molecular weight is 334 g/mol. The van der Waals surface area contributed by atoms with Gasteiger partial charge in [0.1, 0.15) is 12.6 Å². The average Bonchev–Trinajstić information content (AvgIpc) is 2.41. The van der Waals surface area contributed by atoms with Gasteiger partial charge in [-0.2, -0.15) is 0 Å². The van der Waals surface area contributed by atoms with E-state index in [1.165, 1.54) is 7.11 Å². The molecule has 0 saturated carbocycles. The molecule has 22 heavy (non-hydrogen) atoms. The Bertz CT molecular complexity index is 365. The van der Waals surface area contributed by atoms with E-state index in [-0.39, 0.29) is 17.6 Å². The summed E-state index contributed by atoms with van der Waals surface area (Å²) < 4.78 is 15.8. The molecule has 0 aromatic carbocycles. The van der Waals surface area contributed by atoms with E-state index in [0.717, 1.165) is 0 Å². The van der Waals surface area contributed by atoms with E-state index in [4.69, 9.17) is 13.9 Å². The van der Waals surface area contributed by atoms with Crippen molar-refractivity contribution in [2.75, 3.05) is 26.9 Å². The molecule has 0 radical (unpaired) electrons. The first-order valence-electron chi connectivity index (χ1n) is 7.64. The summed E-state index contributed by atoms with van der Waals surface area (Å²) in [7, 11) is -0.563.